The predicted molar refractivity (Wildman–Crippen MR) is 102 cm³/mol. The lowest BCUT2D eigenvalue weighted by Gasteiger charge is -2.17. The molecule has 0 spiro atoms. The molecule has 6 nitrogen and oxygen atoms in total. The molecule has 1 saturated carbocycles. The first-order valence-electron chi connectivity index (χ1n) is 8.99. The fourth-order valence-corrected chi connectivity index (χ4v) is 4.14. The maximum absolute atomic E-state index is 12.9. The van der Waals surface area contributed by atoms with Crippen molar-refractivity contribution in [1.29, 1.82) is 0 Å². The van der Waals surface area contributed by atoms with Crippen molar-refractivity contribution in [3.63, 3.8) is 0 Å². The van der Waals surface area contributed by atoms with Gasteiger partial charge < -0.3 is 10.4 Å². The summed E-state index contributed by atoms with van der Waals surface area (Å²) in [5, 5.41) is 12.8. The molecule has 3 rings (SSSR count). The summed E-state index contributed by atoms with van der Waals surface area (Å²) in [4.78, 5) is 28.4. The SMILES string of the molecule is O=C(CSc1nc(O)cc(=O)n1C1CCCC1)NCCc1ccc(F)cc1. The van der Waals surface area contributed by atoms with Crippen molar-refractivity contribution in [2.45, 2.75) is 43.3 Å². The molecular formula is C19H22FN3O3S. The lowest BCUT2D eigenvalue weighted by Crippen LogP contribution is -2.29. The second-order valence-electron chi connectivity index (χ2n) is 6.56. The third-order valence-electron chi connectivity index (χ3n) is 4.58. The number of benzene rings is 1. The Morgan fingerprint density at radius 3 is 2.70 bits per heavy atom. The largest absolute Gasteiger partial charge is 0.493 e. The molecule has 2 aromatic rings. The van der Waals surface area contributed by atoms with E-state index in [0.29, 0.717) is 18.1 Å². The van der Waals surface area contributed by atoms with E-state index in [1.807, 2.05) is 0 Å². The Morgan fingerprint density at radius 1 is 1.30 bits per heavy atom. The van der Waals surface area contributed by atoms with Crippen molar-refractivity contribution in [3.05, 3.63) is 52.1 Å². The quantitative estimate of drug-likeness (QED) is 0.560. The van der Waals surface area contributed by atoms with Gasteiger partial charge in [0.1, 0.15) is 5.82 Å². The minimum absolute atomic E-state index is 0.0784. The Bertz CT molecular complexity index is 848. The van der Waals surface area contributed by atoms with Gasteiger partial charge in [-0.05, 0) is 37.0 Å². The number of aromatic hydroxyl groups is 1. The molecule has 1 heterocycles. The Kier molecular flexibility index (Phi) is 6.49. The number of nitrogens with zero attached hydrogens (tertiary/aromatic N) is 2. The highest BCUT2D eigenvalue weighted by atomic mass is 32.2. The summed E-state index contributed by atoms with van der Waals surface area (Å²) >= 11 is 1.15. The first-order valence-corrected chi connectivity index (χ1v) is 9.98. The third kappa shape index (κ3) is 5.32. The van der Waals surface area contributed by atoms with Crippen LogP contribution in [0.5, 0.6) is 5.88 Å². The topological polar surface area (TPSA) is 84.2 Å². The van der Waals surface area contributed by atoms with E-state index >= 15 is 0 Å². The molecule has 0 radical (unpaired) electrons. The monoisotopic (exact) mass is 391 g/mol. The van der Waals surface area contributed by atoms with E-state index in [1.165, 1.54) is 12.1 Å². The summed E-state index contributed by atoms with van der Waals surface area (Å²) in [5.41, 5.74) is 0.655. The highest BCUT2D eigenvalue weighted by molar-refractivity contribution is 7.99. The summed E-state index contributed by atoms with van der Waals surface area (Å²) in [6, 6.07) is 7.35. The Hall–Kier alpha value is -2.35. The van der Waals surface area contributed by atoms with Gasteiger partial charge in [-0.1, -0.05) is 36.7 Å². The summed E-state index contributed by atoms with van der Waals surface area (Å²) in [6.07, 6.45) is 4.54. The maximum atomic E-state index is 12.9. The van der Waals surface area contributed by atoms with Crippen LogP contribution in [-0.4, -0.2) is 32.9 Å². The smallest absolute Gasteiger partial charge is 0.258 e. The third-order valence-corrected chi connectivity index (χ3v) is 5.53. The molecule has 144 valence electrons. The molecule has 1 aromatic carbocycles. The molecule has 1 fully saturated rings. The molecule has 1 aliphatic rings. The number of amides is 1. The van der Waals surface area contributed by atoms with Gasteiger partial charge in [-0.3, -0.25) is 14.2 Å². The molecular weight excluding hydrogens is 369 g/mol. The van der Waals surface area contributed by atoms with Gasteiger partial charge in [-0.2, -0.15) is 4.98 Å². The van der Waals surface area contributed by atoms with E-state index in [-0.39, 0.29) is 35.0 Å². The number of halogens is 1. The van der Waals surface area contributed by atoms with Crippen LogP contribution >= 0.6 is 11.8 Å². The van der Waals surface area contributed by atoms with Gasteiger partial charge in [0.15, 0.2) is 5.16 Å². The highest BCUT2D eigenvalue weighted by Gasteiger charge is 2.22. The van der Waals surface area contributed by atoms with Crippen molar-refractivity contribution in [1.82, 2.24) is 14.9 Å². The molecule has 0 unspecified atom stereocenters. The number of rotatable bonds is 7. The van der Waals surface area contributed by atoms with Crippen LogP contribution in [0.3, 0.4) is 0 Å². The second kappa shape index (κ2) is 9.03. The van der Waals surface area contributed by atoms with Crippen LogP contribution in [0.1, 0.15) is 37.3 Å². The van der Waals surface area contributed by atoms with Crippen molar-refractivity contribution < 1.29 is 14.3 Å². The minimum Gasteiger partial charge on any atom is -0.493 e. The average molecular weight is 391 g/mol. The molecule has 1 amide bonds. The van der Waals surface area contributed by atoms with Crippen LogP contribution in [0, 0.1) is 5.82 Å². The standard InChI is InChI=1S/C19H22FN3O3S/c20-14-7-5-13(6-8-14)9-10-21-17(25)12-27-19-22-16(24)11-18(26)23(19)15-3-1-2-4-15/h5-8,11,15,24H,1-4,9-10,12H2,(H,21,25). The zero-order chi connectivity index (χ0) is 19.2. The predicted octanol–water partition coefficient (Wildman–Crippen LogP) is 2.65. The lowest BCUT2D eigenvalue weighted by atomic mass is 10.1. The van der Waals surface area contributed by atoms with Gasteiger partial charge >= 0.3 is 0 Å². The number of nitrogens with one attached hydrogen (secondary N) is 1. The van der Waals surface area contributed by atoms with Gasteiger partial charge in [0, 0.05) is 12.6 Å². The summed E-state index contributed by atoms with van der Waals surface area (Å²) in [6.45, 7) is 0.438. The van der Waals surface area contributed by atoms with Gasteiger partial charge in [0.25, 0.3) is 5.56 Å². The normalized spacial score (nSPS) is 14.4. The van der Waals surface area contributed by atoms with E-state index in [4.69, 9.17) is 0 Å². The number of carbonyl (C=O) groups is 1. The molecule has 2 N–H and O–H groups in total. The van der Waals surface area contributed by atoms with Crippen molar-refractivity contribution in [3.8, 4) is 5.88 Å². The molecule has 27 heavy (non-hydrogen) atoms. The van der Waals surface area contributed by atoms with E-state index in [1.54, 1.807) is 16.7 Å². The van der Waals surface area contributed by atoms with Crippen LogP contribution in [0.25, 0.3) is 0 Å². The molecule has 1 aliphatic carbocycles. The molecule has 0 saturated heterocycles. The minimum atomic E-state index is -0.325. The Labute approximate surface area is 160 Å². The lowest BCUT2D eigenvalue weighted by molar-refractivity contribution is -0.118. The zero-order valence-electron chi connectivity index (χ0n) is 14.9. The maximum Gasteiger partial charge on any atom is 0.258 e. The van der Waals surface area contributed by atoms with Crippen molar-refractivity contribution in [2.75, 3.05) is 12.3 Å². The van der Waals surface area contributed by atoms with Crippen LogP contribution in [0.4, 0.5) is 4.39 Å². The molecule has 0 aliphatic heterocycles. The van der Waals surface area contributed by atoms with E-state index in [9.17, 15) is 19.1 Å². The summed E-state index contributed by atoms with van der Waals surface area (Å²) in [7, 11) is 0. The Balaban J connectivity index is 1.55. The first-order chi connectivity index (χ1) is 13.0. The first kappa shape index (κ1) is 19.4. The molecule has 8 heteroatoms. The van der Waals surface area contributed by atoms with Crippen molar-refractivity contribution >= 4 is 17.7 Å². The van der Waals surface area contributed by atoms with E-state index < -0.39 is 0 Å². The molecule has 1 aromatic heterocycles. The Morgan fingerprint density at radius 2 is 2.00 bits per heavy atom. The summed E-state index contributed by atoms with van der Waals surface area (Å²) < 4.78 is 14.5. The highest BCUT2D eigenvalue weighted by Crippen LogP contribution is 2.31. The number of hydrogen-bond donors (Lipinski definition) is 2. The van der Waals surface area contributed by atoms with Crippen molar-refractivity contribution in [2.24, 2.45) is 0 Å². The number of carbonyl (C=O) groups excluding carboxylic acids is 1. The van der Waals surface area contributed by atoms with Crippen LogP contribution < -0.4 is 10.9 Å². The van der Waals surface area contributed by atoms with Gasteiger partial charge in [-0.15, -0.1) is 0 Å². The number of thioether (sulfide) groups is 1. The fraction of sp³-hybridized carbons (Fsp3) is 0.421. The van der Waals surface area contributed by atoms with Crippen LogP contribution in [0.15, 0.2) is 40.3 Å². The second-order valence-corrected chi connectivity index (χ2v) is 7.50. The van der Waals surface area contributed by atoms with E-state index in [2.05, 4.69) is 10.3 Å². The number of aromatic nitrogens is 2. The molecule has 0 atom stereocenters. The van der Waals surface area contributed by atoms with Gasteiger partial charge in [0.2, 0.25) is 11.8 Å². The van der Waals surface area contributed by atoms with Crippen LogP contribution in [-0.2, 0) is 11.2 Å². The molecule has 0 bridgehead atoms. The fourth-order valence-electron chi connectivity index (χ4n) is 3.24. The number of hydrogen-bond acceptors (Lipinski definition) is 5. The zero-order valence-corrected chi connectivity index (χ0v) is 15.7. The summed E-state index contributed by atoms with van der Waals surface area (Å²) in [5.74, 6) is -0.691. The van der Waals surface area contributed by atoms with Crippen LogP contribution in [0.2, 0.25) is 0 Å². The van der Waals surface area contributed by atoms with Gasteiger partial charge in [0.05, 0.1) is 11.8 Å². The average Bonchev–Trinajstić information content (AvgIpc) is 3.15. The van der Waals surface area contributed by atoms with Gasteiger partial charge in [-0.25, -0.2) is 4.39 Å². The van der Waals surface area contributed by atoms with E-state index in [0.717, 1.165) is 49.1 Å².